The number of nitrogens with one attached hydrogen (secondary N) is 1. The molecule has 1 saturated heterocycles. The molecule has 11 nitrogen and oxygen atoms in total. The molecule has 42 heavy (non-hydrogen) atoms. The number of carbonyl (C=O) groups excluding carboxylic acids is 3. The Balaban J connectivity index is 1.30. The monoisotopic (exact) mass is 630 g/mol. The number of fused-ring (bicyclic) bond motifs is 2. The molecule has 1 aliphatic heterocycles. The van der Waals surface area contributed by atoms with Crippen molar-refractivity contribution in [3.8, 4) is 11.1 Å². The second-order valence-corrected chi connectivity index (χ2v) is 12.3. The predicted molar refractivity (Wildman–Crippen MR) is 161 cm³/mol. The molecular weight excluding hydrogens is 600 g/mol. The van der Waals surface area contributed by atoms with Crippen LogP contribution in [-0.4, -0.2) is 84.9 Å². The first-order valence-corrected chi connectivity index (χ1v) is 14.5. The SMILES string of the molecule is CC(=O)c1nn(CC(=O)N2[C@H]3CC3(CN(C)C)C[C@H]2C(=O)Nc2cccc(Br)n2)c2ccc(-c3cnc(C)nc3)cc12. The van der Waals surface area contributed by atoms with E-state index < -0.39 is 6.04 Å². The second kappa shape index (κ2) is 10.7. The van der Waals surface area contributed by atoms with E-state index in [0.29, 0.717) is 33.6 Å². The fourth-order valence-electron chi connectivity index (χ4n) is 6.25. The summed E-state index contributed by atoms with van der Waals surface area (Å²) in [6, 6.07) is 10.3. The van der Waals surface area contributed by atoms with Crippen molar-refractivity contribution in [2.45, 2.75) is 45.3 Å². The third kappa shape index (κ3) is 5.20. The van der Waals surface area contributed by atoms with Crippen LogP contribution < -0.4 is 5.32 Å². The fourth-order valence-corrected chi connectivity index (χ4v) is 6.59. The molecule has 4 aromatic rings. The van der Waals surface area contributed by atoms with E-state index in [9.17, 15) is 14.4 Å². The Labute approximate surface area is 251 Å². The van der Waals surface area contributed by atoms with E-state index in [1.54, 1.807) is 40.2 Å². The van der Waals surface area contributed by atoms with Crippen molar-refractivity contribution in [2.24, 2.45) is 5.41 Å². The Bertz CT molecular complexity index is 1720. The molecule has 1 unspecified atom stereocenters. The van der Waals surface area contributed by atoms with E-state index in [1.165, 1.54) is 6.92 Å². The lowest BCUT2D eigenvalue weighted by molar-refractivity contribution is -0.138. The van der Waals surface area contributed by atoms with Gasteiger partial charge in [-0.1, -0.05) is 12.1 Å². The first kappa shape index (κ1) is 28.1. The largest absolute Gasteiger partial charge is 0.325 e. The Morgan fingerprint density at radius 3 is 2.55 bits per heavy atom. The number of benzene rings is 1. The quantitative estimate of drug-likeness (QED) is 0.231. The van der Waals surface area contributed by atoms with Crippen molar-refractivity contribution in [1.29, 1.82) is 0 Å². The van der Waals surface area contributed by atoms with Crippen molar-refractivity contribution in [3.63, 3.8) is 0 Å². The van der Waals surface area contributed by atoms with Crippen LogP contribution in [0.5, 0.6) is 0 Å². The zero-order chi connectivity index (χ0) is 29.8. The van der Waals surface area contributed by atoms with Crippen LogP contribution in [0.2, 0.25) is 0 Å². The molecule has 0 radical (unpaired) electrons. The second-order valence-electron chi connectivity index (χ2n) is 11.5. The Morgan fingerprint density at radius 2 is 1.86 bits per heavy atom. The van der Waals surface area contributed by atoms with E-state index in [0.717, 1.165) is 24.1 Å². The van der Waals surface area contributed by atoms with E-state index in [2.05, 4.69) is 46.2 Å². The molecule has 0 bridgehead atoms. The van der Waals surface area contributed by atoms with Crippen LogP contribution in [0.3, 0.4) is 0 Å². The van der Waals surface area contributed by atoms with Gasteiger partial charge in [0.15, 0.2) is 5.78 Å². The summed E-state index contributed by atoms with van der Waals surface area (Å²) in [7, 11) is 4.01. The van der Waals surface area contributed by atoms with Gasteiger partial charge in [0.2, 0.25) is 11.8 Å². The summed E-state index contributed by atoms with van der Waals surface area (Å²) in [5.74, 6) is 0.413. The maximum Gasteiger partial charge on any atom is 0.248 e. The molecule has 2 amide bonds. The molecule has 12 heteroatoms. The van der Waals surface area contributed by atoms with Crippen LogP contribution in [0.1, 0.15) is 36.1 Å². The van der Waals surface area contributed by atoms with Crippen LogP contribution >= 0.6 is 15.9 Å². The smallest absolute Gasteiger partial charge is 0.248 e. The summed E-state index contributed by atoms with van der Waals surface area (Å²) >= 11 is 3.34. The van der Waals surface area contributed by atoms with Crippen LogP contribution in [0, 0.1) is 12.3 Å². The van der Waals surface area contributed by atoms with Gasteiger partial charge in [0.25, 0.3) is 0 Å². The highest BCUT2D eigenvalue weighted by molar-refractivity contribution is 9.10. The normalized spacial score (nSPS) is 21.0. The number of rotatable bonds is 8. The molecule has 3 aromatic heterocycles. The standard InChI is InChI=1S/C30H31BrN8O3/c1-17(40)28-21-10-19(20-13-32-18(2)33-14-20)8-9-22(21)38(36-28)15-27(41)39-23(11-30(12-24(30)39)16-37(3)4)29(42)35-26-7-5-6-25(31)34-26/h5-10,13-14,23-24H,11-12,15-16H2,1-4H3,(H,34,35,42)/t23-,24-,30?/m0/s1. The number of aromatic nitrogens is 5. The molecular formula is C30H31BrN8O3. The molecule has 1 aromatic carbocycles. The number of aryl methyl sites for hydroxylation is 1. The minimum absolute atomic E-state index is 0.0409. The summed E-state index contributed by atoms with van der Waals surface area (Å²) in [4.78, 5) is 56.8. The van der Waals surface area contributed by atoms with E-state index >= 15 is 0 Å². The number of ketones is 1. The molecule has 1 N–H and O–H groups in total. The predicted octanol–water partition coefficient (Wildman–Crippen LogP) is 3.72. The number of hydrogen-bond acceptors (Lipinski definition) is 8. The van der Waals surface area contributed by atoms with Crippen molar-refractivity contribution in [1.82, 2.24) is 34.5 Å². The molecule has 0 spiro atoms. The summed E-state index contributed by atoms with van der Waals surface area (Å²) < 4.78 is 2.18. The maximum absolute atomic E-state index is 14.0. The number of halogens is 1. The van der Waals surface area contributed by atoms with Crippen molar-refractivity contribution >= 4 is 50.2 Å². The van der Waals surface area contributed by atoms with Crippen molar-refractivity contribution in [2.75, 3.05) is 26.0 Å². The molecule has 4 heterocycles. The third-order valence-corrected chi connectivity index (χ3v) is 8.53. The summed E-state index contributed by atoms with van der Waals surface area (Å²) in [6.07, 6.45) is 4.89. The van der Waals surface area contributed by atoms with Gasteiger partial charge >= 0.3 is 0 Å². The summed E-state index contributed by atoms with van der Waals surface area (Å²) in [5.41, 5.74) is 2.49. The van der Waals surface area contributed by atoms with Gasteiger partial charge in [-0.15, -0.1) is 0 Å². The number of pyridine rings is 1. The molecule has 1 aliphatic carbocycles. The van der Waals surface area contributed by atoms with Gasteiger partial charge in [0, 0.05) is 48.3 Å². The number of likely N-dealkylation sites (tertiary alicyclic amines) is 1. The minimum atomic E-state index is -0.640. The fraction of sp³-hybridized carbons (Fsp3) is 0.367. The molecule has 216 valence electrons. The van der Waals surface area contributed by atoms with Gasteiger partial charge in [-0.05, 0) is 79.6 Å². The van der Waals surface area contributed by atoms with Gasteiger partial charge in [0.05, 0.1) is 5.52 Å². The van der Waals surface area contributed by atoms with E-state index in [1.807, 2.05) is 39.2 Å². The van der Waals surface area contributed by atoms with Crippen molar-refractivity contribution < 1.29 is 14.4 Å². The Kier molecular flexibility index (Phi) is 7.14. The van der Waals surface area contributed by atoms with Crippen LogP contribution in [0.25, 0.3) is 22.0 Å². The summed E-state index contributed by atoms with van der Waals surface area (Å²) in [5, 5.41) is 8.11. The first-order valence-electron chi connectivity index (χ1n) is 13.7. The lowest BCUT2D eigenvalue weighted by atomic mass is 9.98. The van der Waals surface area contributed by atoms with Crippen molar-refractivity contribution in [3.05, 3.63) is 64.9 Å². The Hall–Kier alpha value is -4.03. The highest BCUT2D eigenvalue weighted by Gasteiger charge is 2.67. The Morgan fingerprint density at radius 1 is 1.10 bits per heavy atom. The van der Waals surface area contributed by atoms with Gasteiger partial charge in [0.1, 0.15) is 34.5 Å². The molecule has 6 rings (SSSR count). The van der Waals surface area contributed by atoms with Gasteiger partial charge in [-0.3, -0.25) is 19.1 Å². The van der Waals surface area contributed by atoms with Crippen LogP contribution in [-0.2, 0) is 16.1 Å². The number of nitrogens with zero attached hydrogens (tertiary/aromatic N) is 7. The maximum atomic E-state index is 14.0. The topological polar surface area (TPSA) is 126 Å². The zero-order valence-corrected chi connectivity index (χ0v) is 25.4. The van der Waals surface area contributed by atoms with Gasteiger partial charge in [-0.25, -0.2) is 15.0 Å². The number of anilines is 1. The highest BCUT2D eigenvalue weighted by Crippen LogP contribution is 2.60. The van der Waals surface area contributed by atoms with Crippen LogP contribution in [0.4, 0.5) is 5.82 Å². The molecule has 2 fully saturated rings. The number of amides is 2. The van der Waals surface area contributed by atoms with Crippen LogP contribution in [0.15, 0.2) is 53.4 Å². The first-order chi connectivity index (χ1) is 20.0. The van der Waals surface area contributed by atoms with E-state index in [-0.39, 0.29) is 41.3 Å². The number of piperidine rings is 1. The van der Waals surface area contributed by atoms with Gasteiger partial charge < -0.3 is 15.1 Å². The lowest BCUT2D eigenvalue weighted by Gasteiger charge is -2.27. The highest BCUT2D eigenvalue weighted by atomic mass is 79.9. The number of Topliss-reactive ketones (excluding diaryl/α,β-unsaturated/α-hetero) is 1. The minimum Gasteiger partial charge on any atom is -0.325 e. The third-order valence-electron chi connectivity index (χ3n) is 8.09. The van der Waals surface area contributed by atoms with Gasteiger partial charge in [-0.2, -0.15) is 5.10 Å². The lowest BCUT2D eigenvalue weighted by Crippen LogP contribution is -2.46. The average Bonchev–Trinajstić information content (AvgIpc) is 3.33. The number of hydrogen-bond donors (Lipinski definition) is 1. The zero-order valence-electron chi connectivity index (χ0n) is 23.8. The molecule has 1 saturated carbocycles. The molecule has 2 aliphatic rings. The summed E-state index contributed by atoms with van der Waals surface area (Å²) in [6.45, 7) is 3.97. The average molecular weight is 632 g/mol. The number of carbonyl (C=O) groups is 3. The molecule has 3 atom stereocenters. The van der Waals surface area contributed by atoms with E-state index in [4.69, 9.17) is 0 Å².